The summed E-state index contributed by atoms with van der Waals surface area (Å²) in [7, 11) is 2.93. The van der Waals surface area contributed by atoms with Crippen LogP contribution in [0, 0.1) is 13.8 Å². The first kappa shape index (κ1) is 14.1. The largest absolute Gasteiger partial charge is 0.494 e. The Hall–Kier alpha value is -2.30. The van der Waals surface area contributed by atoms with Crippen LogP contribution >= 0.6 is 0 Å². The number of carbonyl (C=O) groups is 1. The van der Waals surface area contributed by atoms with Crippen molar-refractivity contribution in [2.75, 3.05) is 20.8 Å². The molecule has 1 aromatic heterocycles. The number of carbonyl (C=O) groups excluding carboxylic acids is 1. The zero-order valence-electron chi connectivity index (χ0n) is 12.0. The lowest BCUT2D eigenvalue weighted by molar-refractivity contribution is -0.142. The summed E-state index contributed by atoms with van der Waals surface area (Å²) in [5.41, 5.74) is 2.54. The molecule has 0 amide bonds. The molecule has 2 aromatic rings. The molecule has 5 nitrogen and oxygen atoms in total. The van der Waals surface area contributed by atoms with Crippen molar-refractivity contribution in [1.82, 2.24) is 4.98 Å². The van der Waals surface area contributed by atoms with Crippen LogP contribution in [0.3, 0.4) is 0 Å². The Morgan fingerprint density at radius 2 is 1.90 bits per heavy atom. The van der Waals surface area contributed by atoms with Crippen LogP contribution in [0.5, 0.6) is 11.5 Å². The van der Waals surface area contributed by atoms with Crippen molar-refractivity contribution in [2.45, 2.75) is 13.8 Å². The van der Waals surface area contributed by atoms with Gasteiger partial charge in [-0.2, -0.15) is 0 Å². The Labute approximate surface area is 117 Å². The molecule has 0 aliphatic carbocycles. The standard InChI is InChI=1S/C15H17NO4/c1-9-5-11-12(20-8-14(17)19-4)7-10(2)16-15(11)13(6-9)18-3/h5-7H,8H2,1-4H3. The molecule has 2 rings (SSSR count). The third kappa shape index (κ3) is 2.82. The van der Waals surface area contributed by atoms with Crippen LogP contribution < -0.4 is 9.47 Å². The van der Waals surface area contributed by atoms with Gasteiger partial charge >= 0.3 is 5.97 Å². The van der Waals surface area contributed by atoms with E-state index in [0.29, 0.717) is 11.5 Å². The number of benzene rings is 1. The quantitative estimate of drug-likeness (QED) is 0.802. The lowest BCUT2D eigenvalue weighted by Crippen LogP contribution is -2.13. The highest BCUT2D eigenvalue weighted by atomic mass is 16.6. The van der Waals surface area contributed by atoms with Crippen LogP contribution in [0.1, 0.15) is 11.3 Å². The van der Waals surface area contributed by atoms with Gasteiger partial charge < -0.3 is 14.2 Å². The molecule has 0 N–H and O–H groups in total. The number of hydrogen-bond donors (Lipinski definition) is 0. The third-order valence-corrected chi connectivity index (χ3v) is 2.91. The molecule has 0 unspecified atom stereocenters. The van der Waals surface area contributed by atoms with E-state index in [2.05, 4.69) is 9.72 Å². The summed E-state index contributed by atoms with van der Waals surface area (Å²) in [5, 5.41) is 0.816. The fourth-order valence-corrected chi connectivity index (χ4v) is 2.00. The van der Waals surface area contributed by atoms with Crippen molar-refractivity contribution in [3.05, 3.63) is 29.5 Å². The van der Waals surface area contributed by atoms with Gasteiger partial charge in [0.1, 0.15) is 17.0 Å². The smallest absolute Gasteiger partial charge is 0.343 e. The molecule has 0 fully saturated rings. The zero-order chi connectivity index (χ0) is 14.7. The van der Waals surface area contributed by atoms with Crippen molar-refractivity contribution in [2.24, 2.45) is 0 Å². The highest BCUT2D eigenvalue weighted by molar-refractivity contribution is 5.91. The molecule has 0 saturated heterocycles. The lowest BCUT2D eigenvalue weighted by atomic mass is 10.1. The molecular formula is C15H17NO4. The van der Waals surface area contributed by atoms with Crippen LogP contribution in [0.15, 0.2) is 18.2 Å². The minimum Gasteiger partial charge on any atom is -0.494 e. The minimum absolute atomic E-state index is 0.134. The van der Waals surface area contributed by atoms with E-state index in [4.69, 9.17) is 9.47 Å². The van der Waals surface area contributed by atoms with Gasteiger partial charge in [0.2, 0.25) is 0 Å². The van der Waals surface area contributed by atoms with Crippen molar-refractivity contribution in [3.8, 4) is 11.5 Å². The topological polar surface area (TPSA) is 57.7 Å². The molecule has 0 saturated carbocycles. The van der Waals surface area contributed by atoms with Crippen molar-refractivity contribution < 1.29 is 19.0 Å². The van der Waals surface area contributed by atoms with Gasteiger partial charge in [-0.15, -0.1) is 0 Å². The molecule has 0 spiro atoms. The van der Waals surface area contributed by atoms with E-state index in [1.165, 1.54) is 7.11 Å². The summed E-state index contributed by atoms with van der Waals surface area (Å²) in [4.78, 5) is 15.7. The minimum atomic E-state index is -0.424. The number of pyridine rings is 1. The van der Waals surface area contributed by atoms with Crippen molar-refractivity contribution in [1.29, 1.82) is 0 Å². The second-order valence-electron chi connectivity index (χ2n) is 4.49. The molecule has 0 aliphatic heterocycles. The van der Waals surface area contributed by atoms with Crippen LogP contribution in [0.4, 0.5) is 0 Å². The Balaban J connectivity index is 2.53. The van der Waals surface area contributed by atoms with Crippen LogP contribution in [0.2, 0.25) is 0 Å². The summed E-state index contributed by atoms with van der Waals surface area (Å²) < 4.78 is 15.5. The Bertz CT molecular complexity index is 652. The molecule has 0 radical (unpaired) electrons. The predicted octanol–water partition coefficient (Wildman–Crippen LogP) is 2.41. The SMILES string of the molecule is COC(=O)COc1cc(C)nc2c(OC)cc(C)cc12. The molecule has 106 valence electrons. The number of aryl methyl sites for hydroxylation is 2. The lowest BCUT2D eigenvalue weighted by Gasteiger charge is -2.12. The molecule has 1 heterocycles. The number of ether oxygens (including phenoxy) is 3. The maximum atomic E-state index is 11.2. The fourth-order valence-electron chi connectivity index (χ4n) is 2.00. The van der Waals surface area contributed by atoms with Crippen LogP contribution in [-0.4, -0.2) is 31.8 Å². The number of nitrogens with zero attached hydrogens (tertiary/aromatic N) is 1. The van der Waals surface area contributed by atoms with Crippen LogP contribution in [-0.2, 0) is 9.53 Å². The van der Waals surface area contributed by atoms with E-state index >= 15 is 0 Å². The fraction of sp³-hybridized carbons (Fsp3) is 0.333. The zero-order valence-corrected chi connectivity index (χ0v) is 12.0. The van der Waals surface area contributed by atoms with Gasteiger partial charge in [0.25, 0.3) is 0 Å². The number of hydrogen-bond acceptors (Lipinski definition) is 5. The van der Waals surface area contributed by atoms with E-state index in [1.807, 2.05) is 26.0 Å². The van der Waals surface area contributed by atoms with E-state index in [0.717, 1.165) is 22.2 Å². The second-order valence-corrected chi connectivity index (χ2v) is 4.49. The van der Waals surface area contributed by atoms with Gasteiger partial charge in [0.15, 0.2) is 6.61 Å². The van der Waals surface area contributed by atoms with Gasteiger partial charge in [-0.1, -0.05) is 0 Å². The Morgan fingerprint density at radius 3 is 2.55 bits per heavy atom. The average molecular weight is 275 g/mol. The number of esters is 1. The van der Waals surface area contributed by atoms with Crippen LogP contribution in [0.25, 0.3) is 10.9 Å². The van der Waals surface area contributed by atoms with Crippen molar-refractivity contribution in [3.63, 3.8) is 0 Å². The monoisotopic (exact) mass is 275 g/mol. The van der Waals surface area contributed by atoms with Gasteiger partial charge in [-0.25, -0.2) is 9.78 Å². The van der Waals surface area contributed by atoms with Crippen molar-refractivity contribution >= 4 is 16.9 Å². The summed E-state index contributed by atoms with van der Waals surface area (Å²) in [6.45, 7) is 3.70. The number of aromatic nitrogens is 1. The molecule has 0 atom stereocenters. The molecular weight excluding hydrogens is 258 g/mol. The second kappa shape index (κ2) is 5.77. The highest BCUT2D eigenvalue weighted by Crippen LogP contribution is 2.32. The van der Waals surface area contributed by atoms with E-state index in [1.54, 1.807) is 13.2 Å². The van der Waals surface area contributed by atoms with Gasteiger partial charge in [0, 0.05) is 17.1 Å². The first-order valence-electron chi connectivity index (χ1n) is 6.20. The molecule has 0 bridgehead atoms. The number of fused-ring (bicyclic) bond motifs is 1. The molecule has 1 aromatic carbocycles. The highest BCUT2D eigenvalue weighted by Gasteiger charge is 2.12. The summed E-state index contributed by atoms with van der Waals surface area (Å²) >= 11 is 0. The summed E-state index contributed by atoms with van der Waals surface area (Å²) in [5.74, 6) is 0.860. The van der Waals surface area contributed by atoms with E-state index in [-0.39, 0.29) is 6.61 Å². The first-order valence-corrected chi connectivity index (χ1v) is 6.20. The first-order chi connectivity index (χ1) is 9.55. The summed E-state index contributed by atoms with van der Waals surface area (Å²) in [6, 6.07) is 5.67. The molecule has 5 heteroatoms. The molecule has 0 aliphatic rings. The van der Waals surface area contributed by atoms with Gasteiger partial charge in [-0.05, 0) is 31.5 Å². The Kier molecular flexibility index (Phi) is 4.08. The van der Waals surface area contributed by atoms with Gasteiger partial charge in [-0.3, -0.25) is 0 Å². The van der Waals surface area contributed by atoms with E-state index in [9.17, 15) is 4.79 Å². The maximum Gasteiger partial charge on any atom is 0.343 e. The number of rotatable bonds is 4. The average Bonchev–Trinajstić information content (AvgIpc) is 2.44. The Morgan fingerprint density at radius 1 is 1.15 bits per heavy atom. The normalized spacial score (nSPS) is 10.4. The summed E-state index contributed by atoms with van der Waals surface area (Å²) in [6.07, 6.45) is 0. The third-order valence-electron chi connectivity index (χ3n) is 2.91. The molecule has 20 heavy (non-hydrogen) atoms. The maximum absolute atomic E-state index is 11.2. The van der Waals surface area contributed by atoms with Gasteiger partial charge in [0.05, 0.1) is 14.2 Å². The number of methoxy groups -OCH3 is 2. The predicted molar refractivity (Wildman–Crippen MR) is 75.3 cm³/mol. The van der Waals surface area contributed by atoms with E-state index < -0.39 is 5.97 Å².